The van der Waals surface area contributed by atoms with Gasteiger partial charge in [-0.3, -0.25) is 5.32 Å². The first-order valence-electron chi connectivity index (χ1n) is 5.14. The zero-order valence-electron chi connectivity index (χ0n) is 9.52. The maximum atomic E-state index is 11.8. The molecule has 0 fully saturated rings. The summed E-state index contributed by atoms with van der Waals surface area (Å²) in [5, 5.41) is 11.8. The van der Waals surface area contributed by atoms with Crippen molar-refractivity contribution in [1.82, 2.24) is 5.32 Å². The van der Waals surface area contributed by atoms with Crippen LogP contribution in [-0.4, -0.2) is 31.5 Å². The number of hydrogen-bond donors (Lipinski definition) is 1. The fourth-order valence-electron chi connectivity index (χ4n) is 1.14. The van der Waals surface area contributed by atoms with Crippen LogP contribution in [0, 0.1) is 11.3 Å². The van der Waals surface area contributed by atoms with Gasteiger partial charge in [-0.25, -0.2) is 0 Å². The van der Waals surface area contributed by atoms with Crippen LogP contribution in [0.3, 0.4) is 0 Å². The van der Waals surface area contributed by atoms with Crippen molar-refractivity contribution in [3.63, 3.8) is 0 Å². The summed E-state index contributed by atoms with van der Waals surface area (Å²) in [7, 11) is 0. The van der Waals surface area contributed by atoms with Gasteiger partial charge in [0, 0.05) is 13.0 Å². The molecule has 0 aliphatic heterocycles. The summed E-state index contributed by atoms with van der Waals surface area (Å²) >= 11 is 0. The lowest BCUT2D eigenvalue weighted by Crippen LogP contribution is -2.41. The molecule has 1 unspecified atom stereocenters. The van der Waals surface area contributed by atoms with Gasteiger partial charge in [0.1, 0.15) is 5.54 Å². The molecule has 0 aliphatic carbocycles. The molecule has 0 radical (unpaired) electrons. The Labute approximate surface area is 93.6 Å². The average Bonchev–Trinajstić information content (AvgIpc) is 2.16. The van der Waals surface area contributed by atoms with Gasteiger partial charge in [0.05, 0.1) is 19.1 Å². The van der Waals surface area contributed by atoms with Crippen LogP contribution in [-0.2, 0) is 4.74 Å². The summed E-state index contributed by atoms with van der Waals surface area (Å²) in [4.78, 5) is 0. The Balaban J connectivity index is 3.69. The normalized spacial score (nSPS) is 15.5. The first-order valence-corrected chi connectivity index (χ1v) is 5.14. The lowest BCUT2D eigenvalue weighted by molar-refractivity contribution is -0.145. The molecule has 0 heterocycles. The molecule has 0 aromatic heterocycles. The van der Waals surface area contributed by atoms with Crippen LogP contribution in [0.1, 0.15) is 26.7 Å². The van der Waals surface area contributed by atoms with Gasteiger partial charge in [-0.15, -0.1) is 0 Å². The summed E-state index contributed by atoms with van der Waals surface area (Å²) in [6.45, 7) is 3.99. The lowest BCUT2D eigenvalue weighted by Gasteiger charge is -2.22. The Bertz CT molecular complexity index is 237. The van der Waals surface area contributed by atoms with Crippen molar-refractivity contribution in [1.29, 1.82) is 5.26 Å². The van der Waals surface area contributed by atoms with E-state index < -0.39 is 18.1 Å². The predicted octanol–water partition coefficient (Wildman–Crippen LogP) is 2.24. The van der Waals surface area contributed by atoms with E-state index in [1.165, 1.54) is 0 Å². The Morgan fingerprint density at radius 1 is 1.25 bits per heavy atom. The summed E-state index contributed by atoms with van der Waals surface area (Å²) in [6, 6.07) is 2.07. The molecule has 3 nitrogen and oxygen atoms in total. The third kappa shape index (κ3) is 7.49. The molecule has 0 aromatic carbocycles. The summed E-state index contributed by atoms with van der Waals surface area (Å²) in [5.41, 5.74) is -0.729. The molecule has 94 valence electrons. The second-order valence-corrected chi connectivity index (χ2v) is 3.70. The molecule has 0 aliphatic rings. The lowest BCUT2D eigenvalue weighted by atomic mass is 10.0. The SMILES string of the molecule is CCNC(C)(C#N)CCOCCC(F)(F)F. The maximum Gasteiger partial charge on any atom is 0.391 e. The Morgan fingerprint density at radius 2 is 1.81 bits per heavy atom. The minimum Gasteiger partial charge on any atom is -0.381 e. The molecule has 0 aromatic rings. The van der Waals surface area contributed by atoms with E-state index in [0.29, 0.717) is 13.0 Å². The molecule has 1 N–H and O–H groups in total. The van der Waals surface area contributed by atoms with E-state index in [2.05, 4.69) is 11.4 Å². The van der Waals surface area contributed by atoms with Gasteiger partial charge in [0.25, 0.3) is 0 Å². The third-order valence-electron chi connectivity index (χ3n) is 2.09. The van der Waals surface area contributed by atoms with Crippen LogP contribution >= 0.6 is 0 Å². The monoisotopic (exact) mass is 238 g/mol. The zero-order chi connectivity index (χ0) is 12.7. The number of nitrogens with zero attached hydrogens (tertiary/aromatic N) is 1. The fourth-order valence-corrected chi connectivity index (χ4v) is 1.14. The van der Waals surface area contributed by atoms with Gasteiger partial charge in [-0.2, -0.15) is 18.4 Å². The van der Waals surface area contributed by atoms with Gasteiger partial charge in [0.15, 0.2) is 0 Å². The summed E-state index contributed by atoms with van der Waals surface area (Å²) in [6.07, 6.45) is -4.76. The Kier molecular flexibility index (Phi) is 6.38. The van der Waals surface area contributed by atoms with Crippen molar-refractivity contribution in [3.8, 4) is 6.07 Å². The number of halogens is 3. The van der Waals surface area contributed by atoms with E-state index >= 15 is 0 Å². The van der Waals surface area contributed by atoms with Crippen LogP contribution < -0.4 is 5.32 Å². The van der Waals surface area contributed by atoms with Crippen molar-refractivity contribution in [3.05, 3.63) is 0 Å². The number of hydrogen-bond acceptors (Lipinski definition) is 3. The molecule has 0 amide bonds. The van der Waals surface area contributed by atoms with Gasteiger partial charge in [-0.05, 0) is 13.5 Å². The Morgan fingerprint density at radius 3 is 2.25 bits per heavy atom. The van der Waals surface area contributed by atoms with Crippen LogP contribution in [0.15, 0.2) is 0 Å². The Hall–Kier alpha value is -0.800. The highest BCUT2D eigenvalue weighted by molar-refractivity contribution is 5.03. The molecule has 0 spiro atoms. The quantitative estimate of drug-likeness (QED) is 0.692. The highest BCUT2D eigenvalue weighted by Gasteiger charge is 2.27. The van der Waals surface area contributed by atoms with E-state index in [-0.39, 0.29) is 13.2 Å². The minimum absolute atomic E-state index is 0.146. The van der Waals surface area contributed by atoms with E-state index in [1.807, 2.05) is 6.92 Å². The zero-order valence-corrected chi connectivity index (χ0v) is 9.52. The van der Waals surface area contributed by atoms with Crippen molar-refractivity contribution in [2.75, 3.05) is 19.8 Å². The molecule has 0 saturated heterocycles. The van der Waals surface area contributed by atoms with Crippen LogP contribution in [0.5, 0.6) is 0 Å². The fraction of sp³-hybridized carbons (Fsp3) is 0.900. The highest BCUT2D eigenvalue weighted by Crippen LogP contribution is 2.19. The molecule has 16 heavy (non-hydrogen) atoms. The molecule has 0 rings (SSSR count). The first-order chi connectivity index (χ1) is 7.33. The predicted molar refractivity (Wildman–Crippen MR) is 53.8 cm³/mol. The van der Waals surface area contributed by atoms with Crippen molar-refractivity contribution in [2.45, 2.75) is 38.4 Å². The summed E-state index contributed by atoms with van der Waals surface area (Å²) < 4.78 is 40.1. The largest absolute Gasteiger partial charge is 0.391 e. The second-order valence-electron chi connectivity index (χ2n) is 3.70. The molecular formula is C10H17F3N2O. The standard InChI is InChI=1S/C10H17F3N2O/c1-3-15-9(2,8-14)4-6-16-7-5-10(11,12)13/h15H,3-7H2,1-2H3. The van der Waals surface area contributed by atoms with Crippen molar-refractivity contribution >= 4 is 0 Å². The number of rotatable bonds is 7. The third-order valence-corrected chi connectivity index (χ3v) is 2.09. The second kappa shape index (κ2) is 6.71. The molecule has 6 heteroatoms. The summed E-state index contributed by atoms with van der Waals surface area (Å²) in [5.74, 6) is 0. The number of ether oxygens (including phenoxy) is 1. The smallest absolute Gasteiger partial charge is 0.381 e. The molecule has 0 bridgehead atoms. The minimum atomic E-state index is -4.18. The van der Waals surface area contributed by atoms with E-state index in [9.17, 15) is 13.2 Å². The van der Waals surface area contributed by atoms with Crippen LogP contribution in [0.4, 0.5) is 13.2 Å². The van der Waals surface area contributed by atoms with Crippen LogP contribution in [0.2, 0.25) is 0 Å². The van der Waals surface area contributed by atoms with Crippen molar-refractivity contribution in [2.24, 2.45) is 0 Å². The van der Waals surface area contributed by atoms with Crippen molar-refractivity contribution < 1.29 is 17.9 Å². The van der Waals surface area contributed by atoms with E-state index in [0.717, 1.165) is 0 Å². The van der Waals surface area contributed by atoms with Crippen LogP contribution in [0.25, 0.3) is 0 Å². The average molecular weight is 238 g/mol. The number of alkyl halides is 3. The van der Waals surface area contributed by atoms with Gasteiger partial charge in [0.2, 0.25) is 0 Å². The first kappa shape index (κ1) is 15.2. The number of nitriles is 1. The molecule has 0 saturated carbocycles. The topological polar surface area (TPSA) is 45.0 Å². The highest BCUT2D eigenvalue weighted by atomic mass is 19.4. The number of nitrogens with one attached hydrogen (secondary N) is 1. The van der Waals surface area contributed by atoms with Gasteiger partial charge < -0.3 is 4.74 Å². The van der Waals surface area contributed by atoms with Gasteiger partial charge >= 0.3 is 6.18 Å². The molecule has 1 atom stereocenters. The maximum absolute atomic E-state index is 11.8. The van der Waals surface area contributed by atoms with E-state index in [4.69, 9.17) is 10.00 Å². The van der Waals surface area contributed by atoms with Gasteiger partial charge in [-0.1, -0.05) is 6.92 Å². The van der Waals surface area contributed by atoms with E-state index in [1.54, 1.807) is 6.92 Å². The molecular weight excluding hydrogens is 221 g/mol.